The van der Waals surface area contributed by atoms with E-state index in [1.807, 2.05) is 50.2 Å². The fourth-order valence-corrected chi connectivity index (χ4v) is 3.92. The van der Waals surface area contributed by atoms with Crippen molar-refractivity contribution >= 4 is 21.6 Å². The van der Waals surface area contributed by atoms with Gasteiger partial charge in [-0.15, -0.1) is 0 Å². The number of hydrogen-bond donors (Lipinski definition) is 1. The van der Waals surface area contributed by atoms with E-state index in [2.05, 4.69) is 5.32 Å². The molecule has 2 aromatic carbocycles. The molecule has 27 heavy (non-hydrogen) atoms. The van der Waals surface area contributed by atoms with Gasteiger partial charge >= 0.3 is 0 Å². The van der Waals surface area contributed by atoms with Crippen LogP contribution in [0.5, 0.6) is 5.75 Å². The molecule has 0 unspecified atom stereocenters. The van der Waals surface area contributed by atoms with Crippen LogP contribution in [0.4, 0.5) is 5.69 Å². The third-order valence-corrected chi connectivity index (χ3v) is 5.29. The SMILES string of the molecule is CCOc1cccc(CNC(=O)[C@@H](C)N(c2ccc(C)cc2)S(C)(=O)=O)c1. The van der Waals surface area contributed by atoms with Crippen LogP contribution in [0.15, 0.2) is 48.5 Å². The lowest BCUT2D eigenvalue weighted by molar-refractivity contribution is -0.122. The maximum absolute atomic E-state index is 12.6. The van der Waals surface area contributed by atoms with Crippen molar-refractivity contribution in [3.63, 3.8) is 0 Å². The van der Waals surface area contributed by atoms with E-state index in [-0.39, 0.29) is 12.5 Å². The van der Waals surface area contributed by atoms with Crippen molar-refractivity contribution in [2.24, 2.45) is 0 Å². The third-order valence-electron chi connectivity index (χ3n) is 4.05. The van der Waals surface area contributed by atoms with Crippen LogP contribution in [-0.2, 0) is 21.4 Å². The Bertz CT molecular complexity index is 879. The number of nitrogens with zero attached hydrogens (tertiary/aromatic N) is 1. The summed E-state index contributed by atoms with van der Waals surface area (Å²) in [5, 5.41) is 2.80. The van der Waals surface area contributed by atoms with E-state index in [0.29, 0.717) is 12.3 Å². The highest BCUT2D eigenvalue weighted by Gasteiger charge is 2.28. The smallest absolute Gasteiger partial charge is 0.243 e. The molecule has 0 aromatic heterocycles. The lowest BCUT2D eigenvalue weighted by Crippen LogP contribution is -2.47. The Hall–Kier alpha value is -2.54. The summed E-state index contributed by atoms with van der Waals surface area (Å²) in [7, 11) is -3.62. The number of benzene rings is 2. The van der Waals surface area contributed by atoms with Crippen LogP contribution in [0.3, 0.4) is 0 Å². The number of hydrogen-bond acceptors (Lipinski definition) is 4. The van der Waals surface area contributed by atoms with Crippen LogP contribution in [0, 0.1) is 6.92 Å². The zero-order valence-corrected chi connectivity index (χ0v) is 16.9. The molecule has 6 nitrogen and oxygen atoms in total. The normalized spacial score (nSPS) is 12.3. The topological polar surface area (TPSA) is 75.7 Å². The zero-order valence-electron chi connectivity index (χ0n) is 16.1. The van der Waals surface area contributed by atoms with Crippen molar-refractivity contribution in [2.45, 2.75) is 33.4 Å². The number of carbonyl (C=O) groups excluding carboxylic acids is 1. The summed E-state index contributed by atoms with van der Waals surface area (Å²) < 4.78 is 31.2. The van der Waals surface area contributed by atoms with Gasteiger partial charge in [0.05, 0.1) is 18.6 Å². The predicted octanol–water partition coefficient (Wildman–Crippen LogP) is 2.86. The molecule has 0 aliphatic rings. The number of aryl methyl sites for hydroxylation is 1. The van der Waals surface area contributed by atoms with Crippen LogP contribution in [-0.4, -0.2) is 33.2 Å². The quantitative estimate of drug-likeness (QED) is 0.752. The summed E-state index contributed by atoms with van der Waals surface area (Å²) >= 11 is 0. The minimum absolute atomic E-state index is 0.287. The molecule has 0 bridgehead atoms. The number of nitrogens with one attached hydrogen (secondary N) is 1. The van der Waals surface area contributed by atoms with E-state index in [0.717, 1.165) is 27.4 Å². The number of ether oxygens (including phenoxy) is 1. The Labute approximate surface area is 161 Å². The molecule has 0 aliphatic heterocycles. The van der Waals surface area contributed by atoms with Crippen LogP contribution >= 0.6 is 0 Å². The van der Waals surface area contributed by atoms with Gasteiger partial charge in [0, 0.05) is 6.54 Å². The molecular formula is C20H26N2O4S. The van der Waals surface area contributed by atoms with Gasteiger partial charge < -0.3 is 10.1 Å². The summed E-state index contributed by atoms with van der Waals surface area (Å²) in [6, 6.07) is 13.6. The molecule has 0 fully saturated rings. The standard InChI is InChI=1S/C20H26N2O4S/c1-5-26-19-8-6-7-17(13-19)14-21-20(23)16(3)22(27(4,24)25)18-11-9-15(2)10-12-18/h6-13,16H,5,14H2,1-4H3,(H,21,23)/t16-/m1/s1. The van der Waals surface area contributed by atoms with E-state index < -0.39 is 16.1 Å². The molecule has 0 heterocycles. The second kappa shape index (κ2) is 8.90. The number of sulfonamides is 1. The van der Waals surface area contributed by atoms with Crippen LogP contribution in [0.1, 0.15) is 25.0 Å². The van der Waals surface area contributed by atoms with Gasteiger partial charge in [0.1, 0.15) is 11.8 Å². The summed E-state index contributed by atoms with van der Waals surface area (Å²) in [5.74, 6) is 0.359. The molecule has 0 saturated heterocycles. The minimum atomic E-state index is -3.62. The summed E-state index contributed by atoms with van der Waals surface area (Å²) in [4.78, 5) is 12.6. The lowest BCUT2D eigenvalue weighted by atomic mass is 10.2. The van der Waals surface area contributed by atoms with Crippen molar-refractivity contribution < 1.29 is 17.9 Å². The van der Waals surface area contributed by atoms with Crippen molar-refractivity contribution in [3.8, 4) is 5.75 Å². The molecule has 2 aromatic rings. The van der Waals surface area contributed by atoms with Gasteiger partial charge in [-0.05, 0) is 50.6 Å². The lowest BCUT2D eigenvalue weighted by Gasteiger charge is -2.28. The Balaban J connectivity index is 2.13. The first-order chi connectivity index (χ1) is 12.7. The van der Waals surface area contributed by atoms with E-state index in [1.54, 1.807) is 19.1 Å². The molecule has 0 aliphatic carbocycles. The van der Waals surface area contributed by atoms with E-state index in [9.17, 15) is 13.2 Å². The van der Waals surface area contributed by atoms with Crippen LogP contribution in [0.25, 0.3) is 0 Å². The molecule has 1 amide bonds. The van der Waals surface area contributed by atoms with E-state index in [1.165, 1.54) is 0 Å². The van der Waals surface area contributed by atoms with Gasteiger partial charge in [-0.25, -0.2) is 8.42 Å². The average Bonchev–Trinajstić information content (AvgIpc) is 2.61. The number of anilines is 1. The highest BCUT2D eigenvalue weighted by Crippen LogP contribution is 2.21. The summed E-state index contributed by atoms with van der Waals surface area (Å²) in [6.45, 7) is 6.25. The fourth-order valence-electron chi connectivity index (χ4n) is 2.75. The molecule has 0 spiro atoms. The molecular weight excluding hydrogens is 364 g/mol. The molecule has 0 radical (unpaired) electrons. The summed E-state index contributed by atoms with van der Waals surface area (Å²) in [5.41, 5.74) is 2.35. The molecule has 146 valence electrons. The van der Waals surface area contributed by atoms with Crippen molar-refractivity contribution in [3.05, 3.63) is 59.7 Å². The van der Waals surface area contributed by atoms with Crippen molar-refractivity contribution in [2.75, 3.05) is 17.2 Å². The van der Waals surface area contributed by atoms with Gasteiger partial charge in [-0.1, -0.05) is 29.8 Å². The van der Waals surface area contributed by atoms with Crippen molar-refractivity contribution in [1.82, 2.24) is 5.32 Å². The zero-order chi connectivity index (χ0) is 20.0. The maximum atomic E-state index is 12.6. The number of rotatable bonds is 8. The monoisotopic (exact) mass is 390 g/mol. The third kappa shape index (κ3) is 5.72. The van der Waals surface area contributed by atoms with Gasteiger partial charge in [0.25, 0.3) is 0 Å². The highest BCUT2D eigenvalue weighted by molar-refractivity contribution is 7.92. The van der Waals surface area contributed by atoms with Gasteiger partial charge in [-0.2, -0.15) is 0 Å². The average molecular weight is 391 g/mol. The second-order valence-corrected chi connectivity index (χ2v) is 8.23. The van der Waals surface area contributed by atoms with Crippen LogP contribution in [0.2, 0.25) is 0 Å². The largest absolute Gasteiger partial charge is 0.494 e. The Morgan fingerprint density at radius 1 is 1.19 bits per heavy atom. The Morgan fingerprint density at radius 2 is 1.85 bits per heavy atom. The molecule has 1 N–H and O–H groups in total. The predicted molar refractivity (Wildman–Crippen MR) is 107 cm³/mol. The fraction of sp³-hybridized carbons (Fsp3) is 0.350. The number of amides is 1. The molecule has 7 heteroatoms. The minimum Gasteiger partial charge on any atom is -0.494 e. The second-order valence-electron chi connectivity index (χ2n) is 6.37. The molecule has 0 saturated carbocycles. The first-order valence-corrected chi connectivity index (χ1v) is 10.6. The highest BCUT2D eigenvalue weighted by atomic mass is 32.2. The van der Waals surface area contributed by atoms with Gasteiger partial charge in [0.2, 0.25) is 15.9 Å². The summed E-state index contributed by atoms with van der Waals surface area (Å²) in [6.07, 6.45) is 1.10. The van der Waals surface area contributed by atoms with Gasteiger partial charge in [-0.3, -0.25) is 9.10 Å². The van der Waals surface area contributed by atoms with E-state index >= 15 is 0 Å². The molecule has 2 rings (SSSR count). The van der Waals surface area contributed by atoms with Crippen molar-refractivity contribution in [1.29, 1.82) is 0 Å². The Morgan fingerprint density at radius 3 is 2.44 bits per heavy atom. The Kier molecular flexibility index (Phi) is 6.85. The number of carbonyl (C=O) groups is 1. The van der Waals surface area contributed by atoms with E-state index in [4.69, 9.17) is 4.74 Å². The first kappa shape index (κ1) is 20.8. The van der Waals surface area contributed by atoms with Crippen LogP contribution < -0.4 is 14.4 Å². The maximum Gasteiger partial charge on any atom is 0.243 e. The molecule has 1 atom stereocenters. The first-order valence-electron chi connectivity index (χ1n) is 8.78. The van der Waals surface area contributed by atoms with Gasteiger partial charge in [0.15, 0.2) is 0 Å².